The lowest BCUT2D eigenvalue weighted by Crippen LogP contribution is -2.25. The molecule has 0 aliphatic rings. The first-order valence-electron chi connectivity index (χ1n) is 14.0. The normalized spacial score (nSPS) is 11.1. The number of hydrogen-bond donors (Lipinski definition) is 1. The highest BCUT2D eigenvalue weighted by Crippen LogP contribution is 2.41. The van der Waals surface area contributed by atoms with E-state index in [9.17, 15) is 4.79 Å². The Morgan fingerprint density at radius 3 is 2.08 bits per heavy atom. The van der Waals surface area contributed by atoms with Gasteiger partial charge in [-0.2, -0.15) is 0 Å². The third-order valence-corrected chi connectivity index (χ3v) is 6.60. The number of ether oxygens (including phenoxy) is 2. The molecule has 206 valence electrons. The van der Waals surface area contributed by atoms with Crippen LogP contribution in [0.4, 0.5) is 5.69 Å². The third kappa shape index (κ3) is 6.91. The highest BCUT2D eigenvalue weighted by atomic mass is 16.5. The predicted molar refractivity (Wildman–Crippen MR) is 158 cm³/mol. The van der Waals surface area contributed by atoms with Crippen molar-refractivity contribution >= 4 is 11.6 Å². The monoisotopic (exact) mass is 519 g/mol. The van der Waals surface area contributed by atoms with E-state index in [2.05, 4.69) is 68.2 Å². The van der Waals surface area contributed by atoms with Gasteiger partial charge in [0.2, 0.25) is 0 Å². The number of nitrogens with one attached hydrogen (secondary N) is 1. The summed E-state index contributed by atoms with van der Waals surface area (Å²) in [6.45, 7) is 12.5. The second-order valence-electron chi connectivity index (χ2n) is 10.2. The Morgan fingerprint density at radius 1 is 0.895 bits per heavy atom. The number of nitrogens with zero attached hydrogens (tertiary/aromatic N) is 2. The molecular weight excluding hydrogens is 474 g/mol. The van der Waals surface area contributed by atoms with Crippen LogP contribution in [0, 0.1) is 0 Å². The maximum absolute atomic E-state index is 13.1. The molecule has 0 unspecified atom stereocenters. The van der Waals surface area contributed by atoms with Gasteiger partial charge in [0.1, 0.15) is 17.2 Å². The summed E-state index contributed by atoms with van der Waals surface area (Å²) < 4.78 is 14.7. The fourth-order valence-electron chi connectivity index (χ4n) is 4.38. The van der Waals surface area contributed by atoms with E-state index in [4.69, 9.17) is 9.47 Å². The molecule has 1 aromatic heterocycles. The highest BCUT2D eigenvalue weighted by molar-refractivity contribution is 5.95. The summed E-state index contributed by atoms with van der Waals surface area (Å²) in [6, 6.07) is 16.4. The van der Waals surface area contributed by atoms with Crippen LogP contribution in [0.1, 0.15) is 82.3 Å². The molecular formula is C32H45N3O3. The van der Waals surface area contributed by atoms with Crippen molar-refractivity contribution in [3.8, 4) is 28.4 Å². The molecule has 1 heterocycles. The van der Waals surface area contributed by atoms with Crippen LogP contribution in [0.15, 0.2) is 48.5 Å². The molecule has 38 heavy (non-hydrogen) atoms. The first-order valence-corrected chi connectivity index (χ1v) is 14.0. The molecule has 0 saturated carbocycles. The summed E-state index contributed by atoms with van der Waals surface area (Å²) in [6.07, 6.45) is 4.11. The van der Waals surface area contributed by atoms with Crippen molar-refractivity contribution in [1.29, 1.82) is 0 Å². The average molecular weight is 520 g/mol. The first kappa shape index (κ1) is 29.2. The number of carbonyl (C=O) groups excluding carboxylic acids is 1. The molecule has 0 fully saturated rings. The van der Waals surface area contributed by atoms with Crippen LogP contribution in [0.25, 0.3) is 16.9 Å². The molecule has 6 nitrogen and oxygen atoms in total. The maximum atomic E-state index is 13.1. The number of amides is 1. The van der Waals surface area contributed by atoms with Crippen molar-refractivity contribution in [1.82, 2.24) is 9.88 Å². The number of unbranched alkanes of at least 4 members (excludes halogenated alkanes) is 2. The summed E-state index contributed by atoms with van der Waals surface area (Å²) >= 11 is 0. The van der Waals surface area contributed by atoms with E-state index in [1.165, 1.54) is 0 Å². The number of anilines is 1. The summed E-state index contributed by atoms with van der Waals surface area (Å²) in [5.74, 6) is 1.82. The number of hydrogen-bond acceptors (Lipinski definition) is 4. The summed E-state index contributed by atoms with van der Waals surface area (Å²) in [7, 11) is 4.04. The Labute approximate surface area is 229 Å². The lowest BCUT2D eigenvalue weighted by molar-refractivity contribution is 0.0949. The van der Waals surface area contributed by atoms with Gasteiger partial charge in [0.15, 0.2) is 0 Å². The minimum absolute atomic E-state index is 0.104. The Hall–Kier alpha value is -3.41. The van der Waals surface area contributed by atoms with E-state index < -0.39 is 0 Å². The fourth-order valence-corrected chi connectivity index (χ4v) is 4.38. The van der Waals surface area contributed by atoms with E-state index in [0.29, 0.717) is 25.5 Å². The second kappa shape index (κ2) is 13.9. The zero-order valence-corrected chi connectivity index (χ0v) is 24.3. The summed E-state index contributed by atoms with van der Waals surface area (Å²) in [4.78, 5) is 15.2. The predicted octanol–water partition coefficient (Wildman–Crippen LogP) is 7.44. The Kier molecular flexibility index (Phi) is 10.7. The summed E-state index contributed by atoms with van der Waals surface area (Å²) in [5, 5.41) is 2.97. The van der Waals surface area contributed by atoms with Gasteiger partial charge < -0.3 is 24.3 Å². The molecule has 0 aliphatic heterocycles. The SMILES string of the molecule is CCCCOc1cc(OCCCC)c(C(C)C)cc1-c1ccc(C(=O)NCC)n1-c1ccc(N(C)C)cc1. The highest BCUT2D eigenvalue weighted by Gasteiger charge is 2.22. The smallest absolute Gasteiger partial charge is 0.268 e. The number of rotatable bonds is 14. The van der Waals surface area contributed by atoms with Crippen LogP contribution in [0.5, 0.6) is 11.5 Å². The standard InChI is InChI=1S/C32H45N3O3/c1-8-11-19-37-30-22-31(38-20-12-9-2)27(21-26(30)23(4)5)28-17-18-29(32(36)33-10-3)35(28)25-15-13-24(14-16-25)34(6)7/h13-18,21-23H,8-12,19-20H2,1-7H3,(H,33,36). The van der Waals surface area contributed by atoms with Crippen molar-refractivity contribution in [2.45, 2.75) is 66.2 Å². The topological polar surface area (TPSA) is 55.7 Å². The molecule has 1 N–H and O–H groups in total. The van der Waals surface area contributed by atoms with Gasteiger partial charge in [-0.15, -0.1) is 0 Å². The zero-order valence-electron chi connectivity index (χ0n) is 24.3. The fraction of sp³-hybridized carbons (Fsp3) is 0.469. The number of benzene rings is 2. The molecule has 3 aromatic rings. The van der Waals surface area contributed by atoms with Gasteiger partial charge in [0.05, 0.1) is 18.9 Å². The Bertz CT molecular complexity index is 1180. The van der Waals surface area contributed by atoms with Crippen LogP contribution >= 0.6 is 0 Å². The lowest BCUT2D eigenvalue weighted by atomic mass is 9.97. The van der Waals surface area contributed by atoms with Gasteiger partial charge in [-0.05, 0) is 73.7 Å². The molecule has 0 aliphatic carbocycles. The number of carbonyl (C=O) groups is 1. The van der Waals surface area contributed by atoms with Crippen LogP contribution < -0.4 is 19.7 Å². The Morgan fingerprint density at radius 2 is 1.53 bits per heavy atom. The molecule has 0 bridgehead atoms. The van der Waals surface area contributed by atoms with Gasteiger partial charge in [-0.3, -0.25) is 4.79 Å². The van der Waals surface area contributed by atoms with Crippen molar-refractivity contribution in [2.24, 2.45) is 0 Å². The molecule has 1 amide bonds. The van der Waals surface area contributed by atoms with Gasteiger partial charge in [-0.1, -0.05) is 40.5 Å². The van der Waals surface area contributed by atoms with Gasteiger partial charge in [-0.25, -0.2) is 0 Å². The Balaban J connectivity index is 2.23. The molecule has 6 heteroatoms. The van der Waals surface area contributed by atoms with Crippen molar-refractivity contribution in [2.75, 3.05) is 38.8 Å². The van der Waals surface area contributed by atoms with Gasteiger partial charge in [0, 0.05) is 43.6 Å². The van der Waals surface area contributed by atoms with E-state index in [-0.39, 0.29) is 11.8 Å². The lowest BCUT2D eigenvalue weighted by Gasteiger charge is -2.21. The van der Waals surface area contributed by atoms with Crippen LogP contribution in [-0.2, 0) is 0 Å². The van der Waals surface area contributed by atoms with Crippen LogP contribution in [0.2, 0.25) is 0 Å². The maximum Gasteiger partial charge on any atom is 0.268 e. The summed E-state index contributed by atoms with van der Waals surface area (Å²) in [5.41, 5.74) is 5.62. The zero-order chi connectivity index (χ0) is 27.7. The van der Waals surface area contributed by atoms with E-state index >= 15 is 0 Å². The average Bonchev–Trinajstić information content (AvgIpc) is 3.34. The molecule has 0 spiro atoms. The molecule has 0 atom stereocenters. The van der Waals surface area contributed by atoms with Gasteiger partial charge >= 0.3 is 0 Å². The molecule has 0 radical (unpaired) electrons. The van der Waals surface area contributed by atoms with Crippen molar-refractivity contribution in [3.63, 3.8) is 0 Å². The van der Waals surface area contributed by atoms with Gasteiger partial charge in [0.25, 0.3) is 5.91 Å². The molecule has 2 aromatic carbocycles. The van der Waals surface area contributed by atoms with E-state index in [1.54, 1.807) is 0 Å². The number of aromatic nitrogens is 1. The third-order valence-electron chi connectivity index (χ3n) is 6.60. The van der Waals surface area contributed by atoms with Crippen molar-refractivity contribution < 1.29 is 14.3 Å². The van der Waals surface area contributed by atoms with E-state index in [1.807, 2.05) is 43.8 Å². The largest absolute Gasteiger partial charge is 0.493 e. The van der Waals surface area contributed by atoms with Crippen LogP contribution in [0.3, 0.4) is 0 Å². The molecule has 3 rings (SSSR count). The van der Waals surface area contributed by atoms with E-state index in [0.717, 1.165) is 65.4 Å². The quantitative estimate of drug-likeness (QED) is 0.225. The van der Waals surface area contributed by atoms with Crippen molar-refractivity contribution in [3.05, 3.63) is 59.8 Å². The van der Waals surface area contributed by atoms with Crippen LogP contribution in [-0.4, -0.2) is 44.3 Å². The minimum Gasteiger partial charge on any atom is -0.493 e. The first-order chi connectivity index (χ1) is 18.3. The molecule has 0 saturated heterocycles. The minimum atomic E-state index is -0.104. The second-order valence-corrected chi connectivity index (χ2v) is 10.2.